The summed E-state index contributed by atoms with van der Waals surface area (Å²) in [6, 6.07) is 7.83. The van der Waals surface area contributed by atoms with Crippen LogP contribution in [0, 0.1) is 18.3 Å². The van der Waals surface area contributed by atoms with Crippen molar-refractivity contribution < 1.29 is 5.11 Å². The van der Waals surface area contributed by atoms with Gasteiger partial charge in [-0.1, -0.05) is 12.1 Å². The fourth-order valence-corrected chi connectivity index (χ4v) is 1.58. The molecule has 0 saturated carbocycles. The van der Waals surface area contributed by atoms with Gasteiger partial charge in [0.15, 0.2) is 0 Å². The zero-order chi connectivity index (χ0) is 12.0. The highest BCUT2D eigenvalue weighted by atomic mass is 16.3. The third kappa shape index (κ3) is 2.85. The van der Waals surface area contributed by atoms with Crippen molar-refractivity contribution in [1.82, 2.24) is 0 Å². The topological polar surface area (TPSA) is 47.3 Å². The van der Waals surface area contributed by atoms with E-state index >= 15 is 0 Å². The minimum absolute atomic E-state index is 0.0622. The summed E-state index contributed by atoms with van der Waals surface area (Å²) in [5, 5.41) is 18.0. The second-order valence-corrected chi connectivity index (χ2v) is 3.59. The highest BCUT2D eigenvalue weighted by molar-refractivity contribution is 5.61. The Kier molecular flexibility index (Phi) is 4.56. The van der Waals surface area contributed by atoms with E-state index in [4.69, 9.17) is 10.4 Å². The molecule has 0 radical (unpaired) electrons. The molecule has 0 saturated heterocycles. The van der Waals surface area contributed by atoms with Crippen molar-refractivity contribution in [1.29, 1.82) is 5.26 Å². The number of hydrogen-bond donors (Lipinski definition) is 1. The first-order valence-corrected chi connectivity index (χ1v) is 5.20. The Balaban J connectivity index is 3.10. The number of rotatable bonds is 5. The van der Waals surface area contributed by atoms with Gasteiger partial charge in [-0.15, -0.1) is 6.58 Å². The van der Waals surface area contributed by atoms with E-state index in [1.165, 1.54) is 0 Å². The largest absolute Gasteiger partial charge is 0.395 e. The van der Waals surface area contributed by atoms with Crippen LogP contribution in [0.3, 0.4) is 0 Å². The quantitative estimate of drug-likeness (QED) is 0.764. The Morgan fingerprint density at radius 1 is 1.56 bits per heavy atom. The third-order valence-corrected chi connectivity index (χ3v) is 2.33. The van der Waals surface area contributed by atoms with Gasteiger partial charge in [-0.2, -0.15) is 5.26 Å². The third-order valence-electron chi connectivity index (χ3n) is 2.33. The molecule has 84 valence electrons. The zero-order valence-corrected chi connectivity index (χ0v) is 9.48. The number of nitriles is 1. The molecular formula is C13H16N2O. The Bertz CT molecular complexity index is 407. The minimum atomic E-state index is 0.0622. The molecule has 3 heteroatoms. The first-order valence-electron chi connectivity index (χ1n) is 5.20. The number of anilines is 1. The highest BCUT2D eigenvalue weighted by Gasteiger charge is 2.09. The lowest BCUT2D eigenvalue weighted by atomic mass is 10.1. The Morgan fingerprint density at radius 3 is 2.88 bits per heavy atom. The van der Waals surface area contributed by atoms with Crippen LogP contribution >= 0.6 is 0 Å². The molecule has 3 nitrogen and oxygen atoms in total. The molecule has 0 unspecified atom stereocenters. The second kappa shape index (κ2) is 5.94. The van der Waals surface area contributed by atoms with E-state index in [-0.39, 0.29) is 6.61 Å². The molecule has 0 heterocycles. The molecule has 0 bridgehead atoms. The van der Waals surface area contributed by atoms with Crippen molar-refractivity contribution in [2.75, 3.05) is 24.6 Å². The molecule has 0 aliphatic heterocycles. The Morgan fingerprint density at radius 2 is 2.31 bits per heavy atom. The van der Waals surface area contributed by atoms with Crippen LogP contribution in [0.1, 0.15) is 11.1 Å². The van der Waals surface area contributed by atoms with Crippen LogP contribution < -0.4 is 4.90 Å². The van der Waals surface area contributed by atoms with E-state index in [9.17, 15) is 0 Å². The molecule has 1 rings (SSSR count). The van der Waals surface area contributed by atoms with Gasteiger partial charge in [0, 0.05) is 13.1 Å². The van der Waals surface area contributed by atoms with Gasteiger partial charge in [-0.25, -0.2) is 0 Å². The van der Waals surface area contributed by atoms with Gasteiger partial charge in [-0.3, -0.25) is 0 Å². The van der Waals surface area contributed by atoms with Gasteiger partial charge in [0.25, 0.3) is 0 Å². The lowest BCUT2D eigenvalue weighted by Gasteiger charge is -2.23. The van der Waals surface area contributed by atoms with E-state index in [0.29, 0.717) is 18.7 Å². The summed E-state index contributed by atoms with van der Waals surface area (Å²) in [5.74, 6) is 0. The van der Waals surface area contributed by atoms with E-state index in [1.807, 2.05) is 24.0 Å². The van der Waals surface area contributed by atoms with E-state index in [1.54, 1.807) is 12.1 Å². The molecule has 0 fully saturated rings. The fraction of sp³-hybridized carbons (Fsp3) is 0.308. The molecule has 0 aliphatic rings. The zero-order valence-electron chi connectivity index (χ0n) is 9.48. The fourth-order valence-electron chi connectivity index (χ4n) is 1.58. The number of aliphatic hydroxyl groups is 1. The van der Waals surface area contributed by atoms with Crippen molar-refractivity contribution in [3.8, 4) is 6.07 Å². The van der Waals surface area contributed by atoms with Gasteiger partial charge in [0.05, 0.1) is 17.9 Å². The van der Waals surface area contributed by atoms with Crippen LogP contribution in [-0.4, -0.2) is 24.8 Å². The van der Waals surface area contributed by atoms with Crippen LogP contribution in [0.15, 0.2) is 30.9 Å². The molecule has 16 heavy (non-hydrogen) atoms. The summed E-state index contributed by atoms with van der Waals surface area (Å²) >= 11 is 0. The molecule has 1 aromatic carbocycles. The molecule has 0 aromatic heterocycles. The molecule has 1 N–H and O–H groups in total. The SMILES string of the molecule is C=CCN(CCO)c1cc(C)ccc1C#N. The molecule has 0 amide bonds. The van der Waals surface area contributed by atoms with Gasteiger partial charge in [0.1, 0.15) is 6.07 Å². The predicted molar refractivity (Wildman–Crippen MR) is 65.4 cm³/mol. The van der Waals surface area contributed by atoms with Gasteiger partial charge < -0.3 is 10.0 Å². The Hall–Kier alpha value is -1.79. The van der Waals surface area contributed by atoms with Crippen molar-refractivity contribution >= 4 is 5.69 Å². The second-order valence-electron chi connectivity index (χ2n) is 3.59. The standard InChI is InChI=1S/C13H16N2O/c1-3-6-15(7-8-16)13-9-11(2)4-5-12(13)10-14/h3-5,9,16H,1,6-8H2,2H3. The normalized spacial score (nSPS) is 9.56. The van der Waals surface area contributed by atoms with Gasteiger partial charge >= 0.3 is 0 Å². The average Bonchev–Trinajstić information content (AvgIpc) is 2.29. The summed E-state index contributed by atoms with van der Waals surface area (Å²) in [7, 11) is 0. The Labute approximate surface area is 96.2 Å². The summed E-state index contributed by atoms with van der Waals surface area (Å²) in [5.41, 5.74) is 2.58. The first kappa shape index (κ1) is 12.3. The van der Waals surface area contributed by atoms with Crippen LogP contribution in [0.2, 0.25) is 0 Å². The van der Waals surface area contributed by atoms with E-state index in [0.717, 1.165) is 11.3 Å². The molecule has 1 aromatic rings. The summed E-state index contributed by atoms with van der Waals surface area (Å²) in [6.45, 7) is 6.85. The van der Waals surface area contributed by atoms with Crippen molar-refractivity contribution in [2.24, 2.45) is 0 Å². The molecule has 0 atom stereocenters. The van der Waals surface area contributed by atoms with Crippen LogP contribution in [0.4, 0.5) is 5.69 Å². The average molecular weight is 216 g/mol. The number of aliphatic hydroxyl groups excluding tert-OH is 1. The van der Waals surface area contributed by atoms with Crippen molar-refractivity contribution in [3.05, 3.63) is 42.0 Å². The highest BCUT2D eigenvalue weighted by Crippen LogP contribution is 2.21. The summed E-state index contributed by atoms with van der Waals surface area (Å²) in [6.07, 6.45) is 1.76. The summed E-state index contributed by atoms with van der Waals surface area (Å²) < 4.78 is 0. The smallest absolute Gasteiger partial charge is 0.101 e. The maximum absolute atomic E-state index is 9.03. The monoisotopic (exact) mass is 216 g/mol. The van der Waals surface area contributed by atoms with Gasteiger partial charge in [-0.05, 0) is 24.6 Å². The number of hydrogen-bond acceptors (Lipinski definition) is 3. The minimum Gasteiger partial charge on any atom is -0.395 e. The maximum Gasteiger partial charge on any atom is 0.101 e. The summed E-state index contributed by atoms with van der Waals surface area (Å²) in [4.78, 5) is 1.94. The number of aryl methyl sites for hydroxylation is 1. The van der Waals surface area contributed by atoms with E-state index in [2.05, 4.69) is 12.6 Å². The molecule has 0 aliphatic carbocycles. The van der Waals surface area contributed by atoms with Crippen molar-refractivity contribution in [3.63, 3.8) is 0 Å². The molecule has 0 spiro atoms. The lowest BCUT2D eigenvalue weighted by molar-refractivity contribution is 0.303. The predicted octanol–water partition coefficient (Wildman–Crippen LogP) is 1.85. The molecular weight excluding hydrogens is 200 g/mol. The van der Waals surface area contributed by atoms with E-state index < -0.39 is 0 Å². The number of benzene rings is 1. The van der Waals surface area contributed by atoms with Crippen molar-refractivity contribution in [2.45, 2.75) is 6.92 Å². The first-order chi connectivity index (χ1) is 7.72. The van der Waals surface area contributed by atoms with Crippen LogP contribution in [0.25, 0.3) is 0 Å². The van der Waals surface area contributed by atoms with Crippen LogP contribution in [-0.2, 0) is 0 Å². The van der Waals surface area contributed by atoms with Gasteiger partial charge in [0.2, 0.25) is 0 Å². The maximum atomic E-state index is 9.03. The number of nitrogens with zero attached hydrogens (tertiary/aromatic N) is 2. The lowest BCUT2D eigenvalue weighted by Crippen LogP contribution is -2.27. The van der Waals surface area contributed by atoms with Crippen LogP contribution in [0.5, 0.6) is 0 Å².